The van der Waals surface area contributed by atoms with E-state index < -0.39 is 0 Å². The fourth-order valence-electron chi connectivity index (χ4n) is 3.39. The van der Waals surface area contributed by atoms with E-state index in [2.05, 4.69) is 21.2 Å². The molecule has 4 rings (SSSR count). The van der Waals surface area contributed by atoms with Crippen LogP contribution in [0.2, 0.25) is 10.0 Å². The molecule has 0 unspecified atom stereocenters. The van der Waals surface area contributed by atoms with E-state index in [-0.39, 0.29) is 0 Å². The fraction of sp³-hybridized carbons (Fsp3) is 0.250. The maximum atomic E-state index is 6.25. The maximum absolute atomic E-state index is 6.25. The highest BCUT2D eigenvalue weighted by molar-refractivity contribution is 9.10. The number of halogens is 3. The molecule has 2 heterocycles. The number of anilines is 1. The first-order valence-corrected chi connectivity index (χ1v) is 10.3. The van der Waals surface area contributed by atoms with Crippen LogP contribution in [0.25, 0.3) is 16.9 Å². The minimum Gasteiger partial charge on any atom is -0.496 e. The number of ether oxygens (including phenoxy) is 1. The first kappa shape index (κ1) is 18.7. The summed E-state index contributed by atoms with van der Waals surface area (Å²) in [6.07, 6.45) is 3.18. The van der Waals surface area contributed by atoms with Crippen molar-refractivity contribution in [2.24, 2.45) is 0 Å². The molecule has 0 radical (unpaired) electrons. The Labute approximate surface area is 176 Å². The molecule has 2 aromatic carbocycles. The van der Waals surface area contributed by atoms with E-state index in [4.69, 9.17) is 33.0 Å². The number of nitrogens with one attached hydrogen (secondary N) is 1. The van der Waals surface area contributed by atoms with Crippen LogP contribution in [0.3, 0.4) is 0 Å². The molecule has 0 spiro atoms. The van der Waals surface area contributed by atoms with Gasteiger partial charge in [-0.05, 0) is 55.7 Å². The zero-order chi connectivity index (χ0) is 19.0. The lowest BCUT2D eigenvalue weighted by atomic mass is 10.0. The van der Waals surface area contributed by atoms with Crippen LogP contribution >= 0.6 is 39.1 Å². The van der Waals surface area contributed by atoms with Crippen molar-refractivity contribution in [3.05, 3.63) is 56.5 Å². The number of hydrogen-bond donors (Lipinski definition) is 1. The van der Waals surface area contributed by atoms with Gasteiger partial charge in [0.25, 0.3) is 0 Å². The second kappa shape index (κ2) is 7.74. The van der Waals surface area contributed by atoms with Crippen LogP contribution in [0, 0.1) is 0 Å². The molecule has 0 saturated heterocycles. The van der Waals surface area contributed by atoms with E-state index in [1.807, 2.05) is 35.0 Å². The number of benzene rings is 2. The van der Waals surface area contributed by atoms with Gasteiger partial charge in [0, 0.05) is 22.1 Å². The van der Waals surface area contributed by atoms with Gasteiger partial charge in [0.15, 0.2) is 0 Å². The number of hydrogen-bond acceptors (Lipinski definition) is 3. The molecular weight excluding hydrogens is 449 g/mol. The molecule has 0 fully saturated rings. The van der Waals surface area contributed by atoms with E-state index in [1.165, 1.54) is 5.56 Å². The Morgan fingerprint density at radius 2 is 1.96 bits per heavy atom. The molecule has 7 heteroatoms. The second-order valence-electron chi connectivity index (χ2n) is 6.41. The fourth-order valence-corrected chi connectivity index (χ4v) is 4.04. The van der Waals surface area contributed by atoms with E-state index in [0.717, 1.165) is 58.8 Å². The van der Waals surface area contributed by atoms with Crippen molar-refractivity contribution in [2.75, 3.05) is 19.0 Å². The number of methoxy groups -OCH3 is 1. The monoisotopic (exact) mass is 465 g/mol. The SMILES string of the molecule is COc1ccc(Br)cc1-c1nn(-c2ccc(Cl)c(Cl)c2)c2c1CCCCN2. The van der Waals surface area contributed by atoms with Crippen LogP contribution in [0.15, 0.2) is 40.9 Å². The molecule has 1 N–H and O–H groups in total. The smallest absolute Gasteiger partial charge is 0.133 e. The summed E-state index contributed by atoms with van der Waals surface area (Å²) < 4.78 is 8.50. The first-order chi connectivity index (χ1) is 13.1. The highest BCUT2D eigenvalue weighted by Crippen LogP contribution is 2.39. The minimum atomic E-state index is 0.508. The standard InChI is InChI=1S/C20H18BrCl2N3O/c1-27-18-8-5-12(21)10-15(18)19-14-4-2-3-9-24-20(14)26(25-19)13-6-7-16(22)17(23)11-13/h5-8,10-11,24H,2-4,9H2,1H3. The highest BCUT2D eigenvalue weighted by atomic mass is 79.9. The van der Waals surface area contributed by atoms with Crippen molar-refractivity contribution in [3.8, 4) is 22.7 Å². The number of nitrogens with zero attached hydrogens (tertiary/aromatic N) is 2. The van der Waals surface area contributed by atoms with Crippen LogP contribution in [-0.2, 0) is 6.42 Å². The molecule has 140 valence electrons. The summed E-state index contributed by atoms with van der Waals surface area (Å²) in [6.45, 7) is 0.912. The third kappa shape index (κ3) is 3.56. The highest BCUT2D eigenvalue weighted by Gasteiger charge is 2.24. The van der Waals surface area contributed by atoms with Crippen LogP contribution in [0.1, 0.15) is 18.4 Å². The Hall–Kier alpha value is -1.69. The van der Waals surface area contributed by atoms with Crippen LogP contribution in [-0.4, -0.2) is 23.4 Å². The lowest BCUT2D eigenvalue weighted by molar-refractivity contribution is 0.416. The lowest BCUT2D eigenvalue weighted by Crippen LogP contribution is -2.07. The van der Waals surface area contributed by atoms with Crippen molar-refractivity contribution in [1.29, 1.82) is 0 Å². The molecule has 3 aromatic rings. The molecule has 0 saturated carbocycles. The predicted octanol–water partition coefficient (Wildman–Crippen LogP) is 6.37. The van der Waals surface area contributed by atoms with Gasteiger partial charge >= 0.3 is 0 Å². The normalized spacial score (nSPS) is 13.6. The summed E-state index contributed by atoms with van der Waals surface area (Å²) in [5.41, 5.74) is 3.94. The van der Waals surface area contributed by atoms with E-state index >= 15 is 0 Å². The quantitative estimate of drug-likeness (QED) is 0.487. The summed E-state index contributed by atoms with van der Waals surface area (Å²) in [6, 6.07) is 11.5. The van der Waals surface area contributed by atoms with Gasteiger partial charge in [-0.25, -0.2) is 4.68 Å². The van der Waals surface area contributed by atoms with Crippen molar-refractivity contribution in [1.82, 2.24) is 9.78 Å². The van der Waals surface area contributed by atoms with Crippen LogP contribution < -0.4 is 10.1 Å². The summed E-state index contributed by atoms with van der Waals surface area (Å²) in [5, 5.41) is 9.52. The average Bonchev–Trinajstić information content (AvgIpc) is 2.85. The first-order valence-electron chi connectivity index (χ1n) is 8.73. The Morgan fingerprint density at radius 3 is 2.74 bits per heavy atom. The number of fused-ring (bicyclic) bond motifs is 1. The Bertz CT molecular complexity index is 1000. The third-order valence-electron chi connectivity index (χ3n) is 4.69. The molecule has 27 heavy (non-hydrogen) atoms. The van der Waals surface area contributed by atoms with Crippen molar-refractivity contribution < 1.29 is 4.74 Å². The van der Waals surface area contributed by atoms with E-state index in [9.17, 15) is 0 Å². The largest absolute Gasteiger partial charge is 0.496 e. The number of aromatic nitrogens is 2. The van der Waals surface area contributed by atoms with Crippen molar-refractivity contribution in [3.63, 3.8) is 0 Å². The molecule has 1 aromatic heterocycles. The third-order valence-corrected chi connectivity index (χ3v) is 5.93. The summed E-state index contributed by atoms with van der Waals surface area (Å²) >= 11 is 15.9. The molecule has 0 aliphatic carbocycles. The van der Waals surface area contributed by atoms with Gasteiger partial charge in [-0.15, -0.1) is 0 Å². The van der Waals surface area contributed by atoms with Gasteiger partial charge in [-0.3, -0.25) is 0 Å². The van der Waals surface area contributed by atoms with E-state index in [1.54, 1.807) is 13.2 Å². The second-order valence-corrected chi connectivity index (χ2v) is 8.14. The lowest BCUT2D eigenvalue weighted by Gasteiger charge is -2.10. The Kier molecular flexibility index (Phi) is 5.35. The average molecular weight is 467 g/mol. The van der Waals surface area contributed by atoms with Gasteiger partial charge < -0.3 is 10.1 Å². The predicted molar refractivity (Wildman–Crippen MR) is 115 cm³/mol. The summed E-state index contributed by atoms with van der Waals surface area (Å²) in [4.78, 5) is 0. The minimum absolute atomic E-state index is 0.508. The zero-order valence-corrected chi connectivity index (χ0v) is 17.8. The van der Waals surface area contributed by atoms with Crippen molar-refractivity contribution in [2.45, 2.75) is 19.3 Å². The Balaban J connectivity index is 1.95. The van der Waals surface area contributed by atoms with Gasteiger partial charge in [0.05, 0.1) is 22.8 Å². The molecule has 0 amide bonds. The van der Waals surface area contributed by atoms with E-state index in [0.29, 0.717) is 10.0 Å². The van der Waals surface area contributed by atoms with Gasteiger partial charge in [-0.2, -0.15) is 5.10 Å². The topological polar surface area (TPSA) is 39.1 Å². The summed E-state index contributed by atoms with van der Waals surface area (Å²) in [5.74, 6) is 1.80. The van der Waals surface area contributed by atoms with Gasteiger partial charge in [-0.1, -0.05) is 39.1 Å². The maximum Gasteiger partial charge on any atom is 0.133 e. The van der Waals surface area contributed by atoms with Crippen LogP contribution in [0.4, 0.5) is 5.82 Å². The van der Waals surface area contributed by atoms with Crippen molar-refractivity contribution >= 4 is 44.9 Å². The molecular formula is C20H18BrCl2N3O. The zero-order valence-electron chi connectivity index (χ0n) is 14.7. The molecule has 0 bridgehead atoms. The molecule has 4 nitrogen and oxygen atoms in total. The van der Waals surface area contributed by atoms with Gasteiger partial charge in [0.1, 0.15) is 17.3 Å². The molecule has 1 aliphatic rings. The Morgan fingerprint density at radius 1 is 1.11 bits per heavy atom. The summed E-state index contributed by atoms with van der Waals surface area (Å²) in [7, 11) is 1.68. The number of rotatable bonds is 3. The van der Waals surface area contributed by atoms with Crippen LogP contribution in [0.5, 0.6) is 5.75 Å². The van der Waals surface area contributed by atoms with Gasteiger partial charge in [0.2, 0.25) is 0 Å². The molecule has 0 atom stereocenters. The molecule has 1 aliphatic heterocycles.